The van der Waals surface area contributed by atoms with Gasteiger partial charge in [-0.2, -0.15) is 0 Å². The molecule has 0 amide bonds. The molecule has 20 heavy (non-hydrogen) atoms. The number of hydrogen-bond donors (Lipinski definition) is 1. The maximum atomic E-state index is 13.6. The standard InChI is InChI=1S/C14H12ClFN2S2/c1-2-11(13-4-3-5-20-13)18-12-6-8(15)9(16)7-10(12)17-14(18)19/h3-7,11H,2H2,1H3,(H,17,19). The molecule has 1 aromatic carbocycles. The minimum Gasteiger partial charge on any atom is -0.330 e. The van der Waals surface area contributed by atoms with E-state index in [1.807, 2.05) is 16.0 Å². The summed E-state index contributed by atoms with van der Waals surface area (Å²) in [5.41, 5.74) is 1.51. The number of rotatable bonds is 3. The fourth-order valence-corrected chi connectivity index (χ4v) is 3.82. The van der Waals surface area contributed by atoms with Crippen LogP contribution in [0.1, 0.15) is 24.3 Å². The second-order valence-electron chi connectivity index (χ2n) is 4.52. The van der Waals surface area contributed by atoms with Crippen molar-refractivity contribution in [1.82, 2.24) is 9.55 Å². The second-order valence-corrected chi connectivity index (χ2v) is 6.30. The van der Waals surface area contributed by atoms with Gasteiger partial charge in [-0.3, -0.25) is 0 Å². The number of nitrogens with one attached hydrogen (secondary N) is 1. The third-order valence-electron chi connectivity index (χ3n) is 3.33. The number of H-pyrrole nitrogens is 1. The SMILES string of the molecule is CCC(c1cccs1)n1c(=S)[nH]c2cc(F)c(Cl)cc21. The molecule has 0 radical (unpaired) electrons. The van der Waals surface area contributed by atoms with Crippen LogP contribution in [0.2, 0.25) is 5.02 Å². The molecule has 1 atom stereocenters. The second kappa shape index (κ2) is 5.31. The van der Waals surface area contributed by atoms with Crippen molar-refractivity contribution < 1.29 is 4.39 Å². The number of aromatic nitrogens is 2. The molecule has 2 aromatic heterocycles. The Kier molecular flexibility index (Phi) is 3.67. The first-order valence-electron chi connectivity index (χ1n) is 6.24. The normalized spacial score (nSPS) is 12.9. The number of thiophene rings is 1. The van der Waals surface area contributed by atoms with Crippen molar-refractivity contribution in [3.63, 3.8) is 0 Å². The van der Waals surface area contributed by atoms with E-state index in [2.05, 4.69) is 18.0 Å². The first kappa shape index (κ1) is 13.8. The lowest BCUT2D eigenvalue weighted by atomic mass is 10.1. The highest BCUT2D eigenvalue weighted by Crippen LogP contribution is 2.31. The monoisotopic (exact) mass is 326 g/mol. The average molecular weight is 327 g/mol. The van der Waals surface area contributed by atoms with Gasteiger partial charge in [0.2, 0.25) is 0 Å². The highest BCUT2D eigenvalue weighted by atomic mass is 35.5. The molecule has 0 bridgehead atoms. The number of halogens is 2. The minimum atomic E-state index is -0.438. The Morgan fingerprint density at radius 2 is 2.30 bits per heavy atom. The summed E-state index contributed by atoms with van der Waals surface area (Å²) >= 11 is 13.0. The van der Waals surface area contributed by atoms with Crippen molar-refractivity contribution in [2.24, 2.45) is 0 Å². The maximum absolute atomic E-state index is 13.6. The molecule has 3 aromatic rings. The van der Waals surface area contributed by atoms with Gasteiger partial charge in [-0.15, -0.1) is 11.3 Å². The van der Waals surface area contributed by atoms with Crippen LogP contribution in [-0.4, -0.2) is 9.55 Å². The highest BCUT2D eigenvalue weighted by Gasteiger charge is 2.18. The van der Waals surface area contributed by atoms with Crippen LogP contribution in [0.25, 0.3) is 11.0 Å². The van der Waals surface area contributed by atoms with Crippen LogP contribution in [0, 0.1) is 10.6 Å². The topological polar surface area (TPSA) is 20.7 Å². The molecular weight excluding hydrogens is 315 g/mol. The van der Waals surface area contributed by atoms with Gasteiger partial charge in [0.1, 0.15) is 5.82 Å². The molecule has 0 aliphatic rings. The van der Waals surface area contributed by atoms with Crippen molar-refractivity contribution in [3.8, 4) is 0 Å². The molecule has 6 heteroatoms. The zero-order chi connectivity index (χ0) is 14.3. The fraction of sp³-hybridized carbons (Fsp3) is 0.214. The van der Waals surface area contributed by atoms with Gasteiger partial charge in [-0.1, -0.05) is 24.6 Å². The molecule has 2 nitrogen and oxygen atoms in total. The fourth-order valence-electron chi connectivity index (χ4n) is 2.42. The molecule has 2 heterocycles. The number of imidazole rings is 1. The van der Waals surface area contributed by atoms with Crippen LogP contribution in [-0.2, 0) is 0 Å². The van der Waals surface area contributed by atoms with E-state index in [1.165, 1.54) is 10.9 Å². The van der Waals surface area contributed by atoms with Crippen LogP contribution < -0.4 is 0 Å². The summed E-state index contributed by atoms with van der Waals surface area (Å²) in [7, 11) is 0. The minimum absolute atomic E-state index is 0.112. The molecule has 0 saturated heterocycles. The Balaban J connectivity index is 2.27. The number of benzene rings is 1. The zero-order valence-corrected chi connectivity index (χ0v) is 13.1. The Labute approximate surface area is 129 Å². The quantitative estimate of drug-likeness (QED) is 0.625. The highest BCUT2D eigenvalue weighted by molar-refractivity contribution is 7.71. The molecule has 0 aliphatic heterocycles. The van der Waals surface area contributed by atoms with Crippen LogP contribution >= 0.6 is 35.2 Å². The summed E-state index contributed by atoms with van der Waals surface area (Å²) in [5.74, 6) is -0.438. The van der Waals surface area contributed by atoms with E-state index in [1.54, 1.807) is 17.4 Å². The van der Waals surface area contributed by atoms with Gasteiger partial charge < -0.3 is 9.55 Å². The third kappa shape index (κ3) is 2.20. The van der Waals surface area contributed by atoms with Crippen molar-refractivity contribution >= 4 is 46.2 Å². The van der Waals surface area contributed by atoms with Crippen molar-refractivity contribution in [3.05, 3.63) is 50.1 Å². The largest absolute Gasteiger partial charge is 0.330 e. The molecule has 0 saturated carbocycles. The van der Waals surface area contributed by atoms with Crippen molar-refractivity contribution in [2.45, 2.75) is 19.4 Å². The van der Waals surface area contributed by atoms with Gasteiger partial charge in [0.25, 0.3) is 0 Å². The van der Waals surface area contributed by atoms with Crippen molar-refractivity contribution in [1.29, 1.82) is 0 Å². The van der Waals surface area contributed by atoms with Crippen LogP contribution in [0.3, 0.4) is 0 Å². The Morgan fingerprint density at radius 1 is 1.50 bits per heavy atom. The first-order chi connectivity index (χ1) is 9.61. The molecular formula is C14H12ClFN2S2. The van der Waals surface area contributed by atoms with Gasteiger partial charge in [0, 0.05) is 10.9 Å². The predicted molar refractivity (Wildman–Crippen MR) is 84.8 cm³/mol. The van der Waals surface area contributed by atoms with Gasteiger partial charge >= 0.3 is 0 Å². The van der Waals surface area contributed by atoms with E-state index in [0.717, 1.165) is 11.9 Å². The lowest BCUT2D eigenvalue weighted by Crippen LogP contribution is -2.08. The van der Waals surface area contributed by atoms with E-state index in [0.29, 0.717) is 10.3 Å². The average Bonchev–Trinajstić information content (AvgIpc) is 3.02. The summed E-state index contributed by atoms with van der Waals surface area (Å²) < 4.78 is 16.2. The summed E-state index contributed by atoms with van der Waals surface area (Å²) in [4.78, 5) is 4.28. The lowest BCUT2D eigenvalue weighted by Gasteiger charge is -2.16. The summed E-state index contributed by atoms with van der Waals surface area (Å²) in [5, 5.41) is 2.16. The van der Waals surface area contributed by atoms with Gasteiger partial charge in [-0.05, 0) is 36.2 Å². The lowest BCUT2D eigenvalue weighted by molar-refractivity contribution is 0.584. The molecule has 3 rings (SSSR count). The Bertz CT molecular complexity index is 805. The molecule has 0 aliphatic carbocycles. The molecule has 0 spiro atoms. The number of fused-ring (bicyclic) bond motifs is 1. The van der Waals surface area contributed by atoms with E-state index in [4.69, 9.17) is 23.8 Å². The van der Waals surface area contributed by atoms with Gasteiger partial charge in [0.15, 0.2) is 4.77 Å². The molecule has 0 fully saturated rings. The van der Waals surface area contributed by atoms with Crippen LogP contribution in [0.4, 0.5) is 4.39 Å². The summed E-state index contributed by atoms with van der Waals surface area (Å²) in [6.07, 6.45) is 0.900. The predicted octanol–water partition coefficient (Wildman–Crippen LogP) is 5.55. The third-order valence-corrected chi connectivity index (χ3v) is 4.89. The smallest absolute Gasteiger partial charge is 0.178 e. The van der Waals surface area contributed by atoms with E-state index < -0.39 is 5.82 Å². The molecule has 1 N–H and O–H groups in total. The van der Waals surface area contributed by atoms with Crippen molar-refractivity contribution in [2.75, 3.05) is 0 Å². The summed E-state index contributed by atoms with van der Waals surface area (Å²) in [6, 6.07) is 7.27. The number of nitrogens with zero attached hydrogens (tertiary/aromatic N) is 1. The first-order valence-corrected chi connectivity index (χ1v) is 7.91. The van der Waals surface area contributed by atoms with E-state index >= 15 is 0 Å². The van der Waals surface area contributed by atoms with Crippen LogP contribution in [0.15, 0.2) is 29.6 Å². The number of hydrogen-bond acceptors (Lipinski definition) is 2. The Hall–Kier alpha value is -1.17. The van der Waals surface area contributed by atoms with E-state index in [-0.39, 0.29) is 11.1 Å². The van der Waals surface area contributed by atoms with Crippen LogP contribution in [0.5, 0.6) is 0 Å². The van der Waals surface area contributed by atoms with Gasteiger partial charge in [-0.25, -0.2) is 4.39 Å². The molecule has 1 unspecified atom stereocenters. The molecule has 104 valence electrons. The zero-order valence-electron chi connectivity index (χ0n) is 10.7. The Morgan fingerprint density at radius 3 is 2.95 bits per heavy atom. The number of aromatic amines is 1. The summed E-state index contributed by atoms with van der Waals surface area (Å²) in [6.45, 7) is 2.11. The van der Waals surface area contributed by atoms with E-state index in [9.17, 15) is 4.39 Å². The van der Waals surface area contributed by atoms with Gasteiger partial charge in [0.05, 0.1) is 22.1 Å². The maximum Gasteiger partial charge on any atom is 0.178 e.